The molecule has 0 saturated heterocycles. The lowest BCUT2D eigenvalue weighted by atomic mass is 10.0. The van der Waals surface area contributed by atoms with Crippen molar-refractivity contribution in [3.8, 4) is 0 Å². The van der Waals surface area contributed by atoms with E-state index in [0.717, 1.165) is 11.3 Å². The minimum Gasteiger partial charge on any atom is -0.322 e. The third-order valence-corrected chi connectivity index (χ3v) is 4.22. The molecule has 2 heterocycles. The Morgan fingerprint density at radius 1 is 1.17 bits per heavy atom. The number of anilines is 1. The number of aromatic nitrogens is 1. The van der Waals surface area contributed by atoms with Crippen LogP contribution < -0.4 is 5.32 Å². The van der Waals surface area contributed by atoms with Crippen molar-refractivity contribution in [1.29, 1.82) is 0 Å². The van der Waals surface area contributed by atoms with Crippen molar-refractivity contribution < 1.29 is 9.59 Å². The molecule has 1 aromatic heterocycles. The molecular weight excluding hydrogens is 302 g/mol. The summed E-state index contributed by atoms with van der Waals surface area (Å²) in [6.07, 6.45) is 0. The fourth-order valence-corrected chi connectivity index (χ4v) is 3.12. The summed E-state index contributed by atoms with van der Waals surface area (Å²) in [7, 11) is 0. The van der Waals surface area contributed by atoms with Gasteiger partial charge in [0.1, 0.15) is 11.9 Å². The van der Waals surface area contributed by atoms with E-state index in [2.05, 4.69) is 10.3 Å². The van der Waals surface area contributed by atoms with E-state index >= 15 is 0 Å². The molecule has 1 aromatic carbocycles. The summed E-state index contributed by atoms with van der Waals surface area (Å²) in [6.45, 7) is 6.23. The van der Waals surface area contributed by atoms with E-state index < -0.39 is 6.04 Å². The number of aryl methyl sites for hydroxylation is 1. The smallest absolute Gasteiger partial charge is 0.255 e. The Bertz CT molecular complexity index is 786. The summed E-state index contributed by atoms with van der Waals surface area (Å²) in [5.41, 5.74) is 2.48. The lowest BCUT2D eigenvalue weighted by Gasteiger charge is -2.29. The van der Waals surface area contributed by atoms with E-state index in [1.165, 1.54) is 0 Å². The molecule has 5 nitrogen and oxygen atoms in total. The van der Waals surface area contributed by atoms with Crippen molar-refractivity contribution in [2.24, 2.45) is 5.92 Å². The zero-order valence-electron chi connectivity index (χ0n) is 14.1. The van der Waals surface area contributed by atoms with Crippen LogP contribution in [0.2, 0.25) is 0 Å². The molecule has 3 rings (SSSR count). The van der Waals surface area contributed by atoms with Crippen molar-refractivity contribution in [3.63, 3.8) is 0 Å². The molecule has 0 radical (unpaired) electrons. The number of hydrogen-bond acceptors (Lipinski definition) is 3. The molecule has 2 amide bonds. The number of amides is 2. The molecule has 0 aliphatic carbocycles. The highest BCUT2D eigenvalue weighted by Crippen LogP contribution is 2.27. The van der Waals surface area contributed by atoms with Gasteiger partial charge < -0.3 is 10.2 Å². The van der Waals surface area contributed by atoms with Crippen LogP contribution in [-0.4, -0.2) is 27.7 Å². The summed E-state index contributed by atoms with van der Waals surface area (Å²) in [6, 6.07) is 12.4. The number of carbonyl (C=O) groups is 2. The topological polar surface area (TPSA) is 62.3 Å². The van der Waals surface area contributed by atoms with Gasteiger partial charge in [0.2, 0.25) is 5.91 Å². The lowest BCUT2D eigenvalue weighted by Crippen LogP contribution is -2.47. The first-order chi connectivity index (χ1) is 11.5. The van der Waals surface area contributed by atoms with Gasteiger partial charge in [-0.2, -0.15) is 0 Å². The number of rotatable bonds is 4. The lowest BCUT2D eigenvalue weighted by molar-refractivity contribution is -0.122. The molecule has 5 heteroatoms. The summed E-state index contributed by atoms with van der Waals surface area (Å²) >= 11 is 0. The van der Waals surface area contributed by atoms with E-state index in [0.29, 0.717) is 17.9 Å². The highest BCUT2D eigenvalue weighted by atomic mass is 16.2. The second kappa shape index (κ2) is 6.43. The molecule has 1 atom stereocenters. The quantitative estimate of drug-likeness (QED) is 0.941. The van der Waals surface area contributed by atoms with Crippen LogP contribution in [0, 0.1) is 12.8 Å². The van der Waals surface area contributed by atoms with Gasteiger partial charge in [0.15, 0.2) is 0 Å². The van der Waals surface area contributed by atoms with Gasteiger partial charge in [0, 0.05) is 17.8 Å². The van der Waals surface area contributed by atoms with Crippen molar-refractivity contribution >= 4 is 17.6 Å². The number of carbonyl (C=O) groups excluding carboxylic acids is 2. The zero-order valence-corrected chi connectivity index (χ0v) is 14.1. The average molecular weight is 323 g/mol. The van der Waals surface area contributed by atoms with Gasteiger partial charge in [0.05, 0.1) is 0 Å². The second-order valence-corrected chi connectivity index (χ2v) is 6.43. The molecule has 1 aliphatic heterocycles. The molecule has 0 unspecified atom stereocenters. The fraction of sp³-hybridized carbons (Fsp3) is 0.316. The Balaban J connectivity index is 1.83. The van der Waals surface area contributed by atoms with E-state index in [1.54, 1.807) is 11.0 Å². The maximum Gasteiger partial charge on any atom is 0.255 e. The highest BCUT2D eigenvalue weighted by molar-refractivity contribution is 6.03. The number of pyridine rings is 1. The molecule has 1 N–H and O–H groups in total. The zero-order chi connectivity index (χ0) is 17.3. The highest BCUT2D eigenvalue weighted by Gasteiger charge is 2.37. The van der Waals surface area contributed by atoms with Gasteiger partial charge >= 0.3 is 0 Å². The Morgan fingerprint density at radius 3 is 2.58 bits per heavy atom. The van der Waals surface area contributed by atoms with Crippen LogP contribution in [0.4, 0.5) is 5.82 Å². The van der Waals surface area contributed by atoms with E-state index in [4.69, 9.17) is 0 Å². The number of nitrogens with zero attached hydrogens (tertiary/aromatic N) is 2. The number of nitrogens with one attached hydrogen (secondary N) is 1. The van der Waals surface area contributed by atoms with Gasteiger partial charge in [-0.1, -0.05) is 38.1 Å². The Morgan fingerprint density at radius 2 is 1.92 bits per heavy atom. The van der Waals surface area contributed by atoms with Crippen LogP contribution in [0.3, 0.4) is 0 Å². The van der Waals surface area contributed by atoms with Gasteiger partial charge in [-0.25, -0.2) is 4.98 Å². The molecule has 0 saturated carbocycles. The van der Waals surface area contributed by atoms with Crippen molar-refractivity contribution in [1.82, 2.24) is 9.88 Å². The predicted molar refractivity (Wildman–Crippen MR) is 92.5 cm³/mol. The average Bonchev–Trinajstić information content (AvgIpc) is 2.84. The first-order valence-corrected chi connectivity index (χ1v) is 8.11. The Kier molecular flexibility index (Phi) is 4.34. The maximum absolute atomic E-state index is 12.8. The normalized spacial score (nSPS) is 14.7. The summed E-state index contributed by atoms with van der Waals surface area (Å²) < 4.78 is 0. The molecular formula is C19H21N3O2. The van der Waals surface area contributed by atoms with E-state index in [9.17, 15) is 9.59 Å². The summed E-state index contributed by atoms with van der Waals surface area (Å²) in [5, 5.41) is 2.84. The molecule has 124 valence electrons. The predicted octanol–water partition coefficient (Wildman–Crippen LogP) is 3.01. The third-order valence-electron chi connectivity index (χ3n) is 4.22. The third kappa shape index (κ3) is 3.02. The van der Waals surface area contributed by atoms with Gasteiger partial charge in [-0.3, -0.25) is 9.59 Å². The Hall–Kier alpha value is -2.69. The second-order valence-electron chi connectivity index (χ2n) is 6.43. The summed E-state index contributed by atoms with van der Waals surface area (Å²) in [4.78, 5) is 31.4. The first kappa shape index (κ1) is 16.2. The van der Waals surface area contributed by atoms with Crippen molar-refractivity contribution in [3.05, 3.63) is 59.3 Å². The first-order valence-electron chi connectivity index (χ1n) is 8.11. The molecule has 0 bridgehead atoms. The van der Waals surface area contributed by atoms with Crippen molar-refractivity contribution in [2.75, 3.05) is 5.32 Å². The number of fused-ring (bicyclic) bond motifs is 1. The van der Waals surface area contributed by atoms with E-state index in [-0.39, 0.29) is 17.7 Å². The maximum atomic E-state index is 12.8. The monoisotopic (exact) mass is 323 g/mol. The largest absolute Gasteiger partial charge is 0.322 e. The Labute approximate surface area is 141 Å². The number of hydrogen-bond donors (Lipinski definition) is 1. The molecule has 0 fully saturated rings. The molecule has 24 heavy (non-hydrogen) atoms. The van der Waals surface area contributed by atoms with Crippen LogP contribution in [-0.2, 0) is 11.3 Å². The van der Waals surface area contributed by atoms with Crippen LogP contribution in [0.1, 0.15) is 35.5 Å². The standard InChI is InChI=1S/C19H21N3O2/c1-12(2)17(18(23)21-16-10-6-7-13(3)20-16)22-11-14-8-4-5-9-15(14)19(22)24/h4-10,12,17H,11H2,1-3H3,(H,20,21,23)/t17-/m0/s1. The SMILES string of the molecule is Cc1cccc(NC(=O)[C@H](C(C)C)N2Cc3ccccc3C2=O)n1. The minimum absolute atomic E-state index is 0.00642. The fourth-order valence-electron chi connectivity index (χ4n) is 3.12. The van der Waals surface area contributed by atoms with Crippen LogP contribution in [0.15, 0.2) is 42.5 Å². The van der Waals surface area contributed by atoms with Crippen LogP contribution in [0.25, 0.3) is 0 Å². The molecule has 1 aliphatic rings. The van der Waals surface area contributed by atoms with Crippen LogP contribution in [0.5, 0.6) is 0 Å². The van der Waals surface area contributed by atoms with E-state index in [1.807, 2.05) is 57.2 Å². The summed E-state index contributed by atoms with van der Waals surface area (Å²) in [5.74, 6) is 0.212. The van der Waals surface area contributed by atoms with Crippen molar-refractivity contribution in [2.45, 2.75) is 33.4 Å². The van der Waals surface area contributed by atoms with Gasteiger partial charge in [-0.05, 0) is 36.6 Å². The van der Waals surface area contributed by atoms with Gasteiger partial charge in [0.25, 0.3) is 5.91 Å². The molecule has 0 spiro atoms. The molecule has 2 aromatic rings. The number of benzene rings is 1. The van der Waals surface area contributed by atoms with Gasteiger partial charge in [-0.15, -0.1) is 0 Å². The minimum atomic E-state index is -0.535. The van der Waals surface area contributed by atoms with Crippen LogP contribution >= 0.6 is 0 Å².